The van der Waals surface area contributed by atoms with E-state index in [9.17, 15) is 4.39 Å². The van der Waals surface area contributed by atoms with Gasteiger partial charge in [-0.1, -0.05) is 54.6 Å². The van der Waals surface area contributed by atoms with Crippen molar-refractivity contribution in [1.29, 1.82) is 0 Å². The molecular weight excluding hydrogens is 254 g/mol. The smallest absolute Gasteiger partial charge is 0.423 e. The molecule has 0 spiro atoms. The van der Waals surface area contributed by atoms with Crippen LogP contribution >= 0.6 is 0 Å². The lowest BCUT2D eigenvalue weighted by Crippen LogP contribution is -2.32. The summed E-state index contributed by atoms with van der Waals surface area (Å²) in [5.41, 5.74) is 1.51. The first kappa shape index (κ1) is 12.8. The molecule has 0 aliphatic heterocycles. The Bertz CT molecular complexity index is 776. The molecule has 3 rings (SSSR count). The fourth-order valence-electron chi connectivity index (χ4n) is 2.38. The molecule has 0 heterocycles. The summed E-state index contributed by atoms with van der Waals surface area (Å²) in [6, 6.07) is 18.1. The van der Waals surface area contributed by atoms with Gasteiger partial charge in [0.2, 0.25) is 0 Å². The molecular formula is C16H16BFO2. The maximum atomic E-state index is 13.9. The summed E-state index contributed by atoms with van der Waals surface area (Å²) in [6.45, 7) is 0. The highest BCUT2D eigenvalue weighted by atomic mass is 19.1. The van der Waals surface area contributed by atoms with E-state index in [0.29, 0.717) is 5.56 Å². The average molecular weight is 270 g/mol. The molecule has 0 saturated heterocycles. The molecule has 0 atom stereocenters. The Morgan fingerprint density at radius 2 is 1.65 bits per heavy atom. The minimum atomic E-state index is -1.79. The molecule has 0 amide bonds. The van der Waals surface area contributed by atoms with Crippen LogP contribution in [0.5, 0.6) is 0 Å². The van der Waals surface area contributed by atoms with Crippen molar-refractivity contribution in [3.63, 3.8) is 0 Å². The maximum Gasteiger partial charge on any atom is 0.491 e. The Labute approximate surface area is 119 Å². The standard InChI is InChI=1S/C16H12BFO2.2H2/c18-16-10-12(8-9-15(16)17(19)20)14-7-3-5-11-4-1-2-6-13(11)14;;/h1-10,19-20H;2*1H. The molecule has 2 N–H and O–H groups in total. The normalized spacial score (nSPS) is 10.8. The molecule has 0 aliphatic rings. The zero-order chi connectivity index (χ0) is 14.1. The lowest BCUT2D eigenvalue weighted by molar-refractivity contribution is 0.423. The Balaban J connectivity index is 0.00000121. The highest BCUT2D eigenvalue weighted by Crippen LogP contribution is 2.28. The maximum absolute atomic E-state index is 13.9. The predicted molar refractivity (Wildman–Crippen MR) is 83.4 cm³/mol. The minimum Gasteiger partial charge on any atom is -0.423 e. The molecule has 0 aromatic heterocycles. The van der Waals surface area contributed by atoms with Crippen LogP contribution in [0.25, 0.3) is 21.9 Å². The van der Waals surface area contributed by atoms with Gasteiger partial charge in [-0.05, 0) is 28.0 Å². The van der Waals surface area contributed by atoms with Crippen molar-refractivity contribution in [2.75, 3.05) is 0 Å². The third-order valence-electron chi connectivity index (χ3n) is 3.38. The molecule has 0 fully saturated rings. The van der Waals surface area contributed by atoms with Crippen LogP contribution in [0, 0.1) is 5.82 Å². The molecule has 102 valence electrons. The highest BCUT2D eigenvalue weighted by Gasteiger charge is 2.17. The van der Waals surface area contributed by atoms with Gasteiger partial charge in [-0.15, -0.1) is 0 Å². The van der Waals surface area contributed by atoms with E-state index < -0.39 is 12.9 Å². The second-order valence-electron chi connectivity index (χ2n) is 4.64. The van der Waals surface area contributed by atoms with Crippen molar-refractivity contribution in [3.05, 3.63) is 66.5 Å². The van der Waals surface area contributed by atoms with E-state index in [1.165, 1.54) is 12.1 Å². The van der Waals surface area contributed by atoms with E-state index in [0.717, 1.165) is 16.3 Å². The quantitative estimate of drug-likeness (QED) is 0.703. The van der Waals surface area contributed by atoms with Gasteiger partial charge in [-0.3, -0.25) is 0 Å². The molecule has 4 heteroatoms. The van der Waals surface area contributed by atoms with Crippen molar-refractivity contribution >= 4 is 23.4 Å². The van der Waals surface area contributed by atoms with Crippen LogP contribution in [-0.4, -0.2) is 17.2 Å². The molecule has 2 nitrogen and oxygen atoms in total. The zero-order valence-electron chi connectivity index (χ0n) is 10.6. The number of hydrogen-bond acceptors (Lipinski definition) is 2. The van der Waals surface area contributed by atoms with Gasteiger partial charge in [0.25, 0.3) is 0 Å². The minimum absolute atomic E-state index is 0. The fourth-order valence-corrected chi connectivity index (χ4v) is 2.38. The van der Waals surface area contributed by atoms with Gasteiger partial charge in [-0.2, -0.15) is 0 Å². The summed E-state index contributed by atoms with van der Waals surface area (Å²) in [4.78, 5) is 0. The Kier molecular flexibility index (Phi) is 3.26. The van der Waals surface area contributed by atoms with Gasteiger partial charge in [0.1, 0.15) is 5.82 Å². The van der Waals surface area contributed by atoms with Crippen LogP contribution in [0.3, 0.4) is 0 Å². The summed E-state index contributed by atoms with van der Waals surface area (Å²) < 4.78 is 13.9. The van der Waals surface area contributed by atoms with E-state index >= 15 is 0 Å². The van der Waals surface area contributed by atoms with Gasteiger partial charge < -0.3 is 10.0 Å². The summed E-state index contributed by atoms with van der Waals surface area (Å²) in [5.74, 6) is -0.620. The Hall–Kier alpha value is -2.17. The number of fused-ring (bicyclic) bond motifs is 1. The second-order valence-corrected chi connectivity index (χ2v) is 4.64. The zero-order valence-corrected chi connectivity index (χ0v) is 10.6. The van der Waals surface area contributed by atoms with E-state index in [1.807, 2.05) is 42.5 Å². The van der Waals surface area contributed by atoms with Gasteiger partial charge >= 0.3 is 7.12 Å². The molecule has 0 aliphatic carbocycles. The van der Waals surface area contributed by atoms with Crippen molar-refractivity contribution in [3.8, 4) is 11.1 Å². The van der Waals surface area contributed by atoms with Crippen LogP contribution in [0.2, 0.25) is 0 Å². The third kappa shape index (κ3) is 2.20. The third-order valence-corrected chi connectivity index (χ3v) is 3.38. The topological polar surface area (TPSA) is 40.5 Å². The van der Waals surface area contributed by atoms with E-state index in [4.69, 9.17) is 10.0 Å². The Morgan fingerprint density at radius 1 is 0.900 bits per heavy atom. The average Bonchev–Trinajstić information content (AvgIpc) is 2.46. The summed E-state index contributed by atoms with van der Waals surface area (Å²) in [7, 11) is -1.79. The van der Waals surface area contributed by atoms with Crippen molar-refractivity contribution in [2.24, 2.45) is 0 Å². The predicted octanol–water partition coefficient (Wildman–Crippen LogP) is 2.82. The Morgan fingerprint density at radius 3 is 2.40 bits per heavy atom. The number of benzene rings is 3. The monoisotopic (exact) mass is 270 g/mol. The second kappa shape index (κ2) is 5.08. The van der Waals surface area contributed by atoms with Crippen molar-refractivity contribution < 1.29 is 17.3 Å². The molecule has 20 heavy (non-hydrogen) atoms. The van der Waals surface area contributed by atoms with Gasteiger partial charge in [0, 0.05) is 8.32 Å². The summed E-state index contributed by atoms with van der Waals surface area (Å²) >= 11 is 0. The molecule has 3 aromatic carbocycles. The van der Waals surface area contributed by atoms with Crippen LogP contribution in [0.15, 0.2) is 60.7 Å². The molecule has 3 aromatic rings. The summed E-state index contributed by atoms with van der Waals surface area (Å²) in [5, 5.41) is 20.2. The van der Waals surface area contributed by atoms with E-state index in [2.05, 4.69) is 0 Å². The first-order valence-electron chi connectivity index (χ1n) is 6.30. The van der Waals surface area contributed by atoms with E-state index in [-0.39, 0.29) is 8.32 Å². The highest BCUT2D eigenvalue weighted by molar-refractivity contribution is 6.58. The molecule has 0 saturated carbocycles. The van der Waals surface area contributed by atoms with Crippen LogP contribution in [0.4, 0.5) is 4.39 Å². The van der Waals surface area contributed by atoms with Gasteiger partial charge in [0.15, 0.2) is 0 Å². The largest absolute Gasteiger partial charge is 0.491 e. The van der Waals surface area contributed by atoms with Crippen LogP contribution in [0.1, 0.15) is 2.85 Å². The lowest BCUT2D eigenvalue weighted by Gasteiger charge is -2.09. The van der Waals surface area contributed by atoms with Crippen molar-refractivity contribution in [1.82, 2.24) is 0 Å². The van der Waals surface area contributed by atoms with Crippen molar-refractivity contribution in [2.45, 2.75) is 0 Å². The van der Waals surface area contributed by atoms with E-state index in [1.54, 1.807) is 6.07 Å². The van der Waals surface area contributed by atoms with Gasteiger partial charge in [-0.25, -0.2) is 4.39 Å². The van der Waals surface area contributed by atoms with Crippen LogP contribution < -0.4 is 5.46 Å². The first-order valence-corrected chi connectivity index (χ1v) is 6.30. The SMILES string of the molecule is OB(O)c1ccc(-c2cccc3ccccc23)cc1F.[HH].[HH]. The molecule has 0 bridgehead atoms. The summed E-state index contributed by atoms with van der Waals surface area (Å²) in [6.07, 6.45) is 0. The van der Waals surface area contributed by atoms with Crippen LogP contribution in [-0.2, 0) is 0 Å². The first-order chi connectivity index (χ1) is 9.66. The molecule has 0 unspecified atom stereocenters. The molecule has 0 radical (unpaired) electrons. The number of halogens is 1. The number of rotatable bonds is 2. The van der Waals surface area contributed by atoms with Gasteiger partial charge in [0.05, 0.1) is 0 Å². The lowest BCUT2D eigenvalue weighted by atomic mass is 9.79. The number of hydrogen-bond donors (Lipinski definition) is 2. The fraction of sp³-hybridized carbons (Fsp3) is 0.